The smallest absolute Gasteiger partial charge is 0.231 e. The molecule has 0 spiro atoms. The molecule has 3 N–H and O–H groups in total. The minimum absolute atomic E-state index is 0.110. The van der Waals surface area contributed by atoms with E-state index in [-0.39, 0.29) is 23.4 Å². The highest BCUT2D eigenvalue weighted by Gasteiger charge is 2.26. The molecule has 1 saturated heterocycles. The first-order valence-electron chi connectivity index (χ1n) is 6.18. The maximum absolute atomic E-state index is 9.55. The van der Waals surface area contributed by atoms with Gasteiger partial charge in [0, 0.05) is 12.6 Å². The molecule has 1 aliphatic heterocycles. The Morgan fingerprint density at radius 3 is 2.89 bits per heavy atom. The molecule has 0 radical (unpaired) electrons. The molecule has 1 aromatic rings. The summed E-state index contributed by atoms with van der Waals surface area (Å²) >= 11 is 5.80. The van der Waals surface area contributed by atoms with Crippen molar-refractivity contribution in [1.29, 1.82) is 0 Å². The van der Waals surface area contributed by atoms with Gasteiger partial charge in [-0.2, -0.15) is 15.0 Å². The van der Waals surface area contributed by atoms with E-state index in [9.17, 15) is 5.11 Å². The predicted octanol–water partition coefficient (Wildman–Crippen LogP) is 1.24. The number of nitrogen functional groups attached to an aromatic ring is 1. The molecular formula is C11H18ClN5O. The number of rotatable bonds is 3. The average Bonchev–Trinajstić information content (AvgIpc) is 2.27. The van der Waals surface area contributed by atoms with E-state index in [2.05, 4.69) is 19.9 Å². The monoisotopic (exact) mass is 271 g/mol. The van der Waals surface area contributed by atoms with E-state index in [0.29, 0.717) is 12.4 Å². The van der Waals surface area contributed by atoms with E-state index in [1.165, 1.54) is 0 Å². The summed E-state index contributed by atoms with van der Waals surface area (Å²) in [5, 5.41) is 9.66. The van der Waals surface area contributed by atoms with Gasteiger partial charge in [-0.05, 0) is 44.2 Å². The van der Waals surface area contributed by atoms with Gasteiger partial charge >= 0.3 is 0 Å². The molecular weight excluding hydrogens is 254 g/mol. The zero-order chi connectivity index (χ0) is 13.1. The summed E-state index contributed by atoms with van der Waals surface area (Å²) in [5.74, 6) is 0.643. The van der Waals surface area contributed by atoms with E-state index >= 15 is 0 Å². The van der Waals surface area contributed by atoms with Gasteiger partial charge in [-0.3, -0.25) is 0 Å². The van der Waals surface area contributed by atoms with Crippen LogP contribution < -0.4 is 10.6 Å². The van der Waals surface area contributed by atoms with E-state index < -0.39 is 0 Å². The number of aliphatic hydroxyl groups is 1. The van der Waals surface area contributed by atoms with Crippen molar-refractivity contribution in [2.24, 2.45) is 0 Å². The van der Waals surface area contributed by atoms with Crippen molar-refractivity contribution in [2.45, 2.75) is 44.8 Å². The molecule has 2 unspecified atom stereocenters. The molecule has 0 amide bonds. The van der Waals surface area contributed by atoms with Crippen molar-refractivity contribution in [3.63, 3.8) is 0 Å². The van der Waals surface area contributed by atoms with E-state index in [0.717, 1.165) is 25.8 Å². The Kier molecular flexibility index (Phi) is 4.19. The first kappa shape index (κ1) is 13.3. The Labute approximate surface area is 111 Å². The highest BCUT2D eigenvalue weighted by Crippen LogP contribution is 2.25. The van der Waals surface area contributed by atoms with Crippen LogP contribution in [0.1, 0.15) is 32.6 Å². The van der Waals surface area contributed by atoms with Crippen molar-refractivity contribution < 1.29 is 5.11 Å². The molecule has 0 aliphatic carbocycles. The second-order valence-corrected chi connectivity index (χ2v) is 5.03. The highest BCUT2D eigenvalue weighted by atomic mass is 35.5. The molecule has 2 rings (SSSR count). The van der Waals surface area contributed by atoms with Gasteiger partial charge in [0.15, 0.2) is 0 Å². The summed E-state index contributed by atoms with van der Waals surface area (Å²) in [6, 6.07) is 0.233. The average molecular weight is 272 g/mol. The van der Waals surface area contributed by atoms with Crippen molar-refractivity contribution >= 4 is 23.5 Å². The normalized spacial score (nSPS) is 21.9. The van der Waals surface area contributed by atoms with E-state index in [4.69, 9.17) is 17.3 Å². The summed E-state index contributed by atoms with van der Waals surface area (Å²) < 4.78 is 0. The van der Waals surface area contributed by atoms with Gasteiger partial charge in [-0.15, -0.1) is 0 Å². The van der Waals surface area contributed by atoms with Crippen molar-refractivity contribution in [1.82, 2.24) is 15.0 Å². The minimum Gasteiger partial charge on any atom is -0.393 e. The molecule has 100 valence electrons. The van der Waals surface area contributed by atoms with E-state index in [1.807, 2.05) is 0 Å². The van der Waals surface area contributed by atoms with Crippen LogP contribution in [-0.2, 0) is 0 Å². The number of hydrogen-bond donors (Lipinski definition) is 2. The molecule has 0 bridgehead atoms. The zero-order valence-electron chi connectivity index (χ0n) is 10.4. The van der Waals surface area contributed by atoms with Crippen LogP contribution in [0, 0.1) is 0 Å². The lowest BCUT2D eigenvalue weighted by Gasteiger charge is -2.36. The Morgan fingerprint density at radius 1 is 1.44 bits per heavy atom. The van der Waals surface area contributed by atoms with Gasteiger partial charge in [0.05, 0.1) is 6.10 Å². The number of nitrogens with two attached hydrogens (primary N) is 1. The van der Waals surface area contributed by atoms with Gasteiger partial charge < -0.3 is 15.7 Å². The summed E-state index contributed by atoms with van der Waals surface area (Å²) in [6.45, 7) is 2.65. The number of nitrogens with zero attached hydrogens (tertiary/aromatic N) is 4. The van der Waals surface area contributed by atoms with Crippen LogP contribution in [0.4, 0.5) is 11.9 Å². The third-order valence-electron chi connectivity index (χ3n) is 3.11. The van der Waals surface area contributed by atoms with Crippen molar-refractivity contribution in [3.05, 3.63) is 5.28 Å². The topological polar surface area (TPSA) is 88.2 Å². The summed E-state index contributed by atoms with van der Waals surface area (Å²) in [6.07, 6.45) is 3.61. The zero-order valence-corrected chi connectivity index (χ0v) is 11.1. The molecule has 0 aromatic carbocycles. The summed E-state index contributed by atoms with van der Waals surface area (Å²) in [7, 11) is 0. The lowest BCUT2D eigenvalue weighted by Crippen LogP contribution is -2.42. The SMILES string of the molecule is CC(O)CC1CCCCN1c1nc(N)nc(Cl)n1. The molecule has 7 heteroatoms. The Bertz CT molecular complexity index is 394. The fourth-order valence-corrected chi connectivity index (χ4v) is 2.55. The van der Waals surface area contributed by atoms with Crippen molar-refractivity contribution in [2.75, 3.05) is 17.2 Å². The summed E-state index contributed by atoms with van der Waals surface area (Å²) in [5.41, 5.74) is 5.59. The van der Waals surface area contributed by atoms with Gasteiger partial charge in [-0.1, -0.05) is 0 Å². The largest absolute Gasteiger partial charge is 0.393 e. The third kappa shape index (κ3) is 3.20. The van der Waals surface area contributed by atoms with Crippen LogP contribution in [0.3, 0.4) is 0 Å². The van der Waals surface area contributed by atoms with Gasteiger partial charge in [0.2, 0.25) is 17.2 Å². The first-order valence-corrected chi connectivity index (χ1v) is 6.56. The predicted molar refractivity (Wildman–Crippen MR) is 70.5 cm³/mol. The Morgan fingerprint density at radius 2 is 2.22 bits per heavy atom. The van der Waals surface area contributed by atoms with E-state index in [1.54, 1.807) is 6.92 Å². The molecule has 0 saturated carbocycles. The number of aliphatic hydroxyl groups excluding tert-OH is 1. The summed E-state index contributed by atoms with van der Waals surface area (Å²) in [4.78, 5) is 14.1. The number of piperidine rings is 1. The second-order valence-electron chi connectivity index (χ2n) is 4.69. The van der Waals surface area contributed by atoms with Crippen LogP contribution in [0.2, 0.25) is 5.28 Å². The molecule has 1 fully saturated rings. The molecule has 1 aromatic heterocycles. The minimum atomic E-state index is -0.342. The molecule has 18 heavy (non-hydrogen) atoms. The number of halogens is 1. The van der Waals surface area contributed by atoms with Gasteiger partial charge in [-0.25, -0.2) is 0 Å². The standard InChI is InChI=1S/C11H18ClN5O/c1-7(18)6-8-4-2-3-5-17(8)11-15-9(12)14-10(13)16-11/h7-8,18H,2-6H2,1H3,(H2,13,14,15,16). The molecule has 2 heterocycles. The number of anilines is 2. The third-order valence-corrected chi connectivity index (χ3v) is 3.28. The highest BCUT2D eigenvalue weighted by molar-refractivity contribution is 6.28. The second kappa shape index (κ2) is 5.67. The van der Waals surface area contributed by atoms with Gasteiger partial charge in [0.1, 0.15) is 0 Å². The first-order chi connectivity index (χ1) is 8.56. The maximum Gasteiger partial charge on any atom is 0.231 e. The number of hydrogen-bond acceptors (Lipinski definition) is 6. The van der Waals surface area contributed by atoms with Crippen molar-refractivity contribution in [3.8, 4) is 0 Å². The van der Waals surface area contributed by atoms with Crippen LogP contribution in [0.15, 0.2) is 0 Å². The quantitative estimate of drug-likeness (QED) is 0.860. The molecule has 2 atom stereocenters. The lowest BCUT2D eigenvalue weighted by molar-refractivity contribution is 0.167. The van der Waals surface area contributed by atoms with Crippen LogP contribution in [-0.4, -0.2) is 38.7 Å². The lowest BCUT2D eigenvalue weighted by atomic mass is 9.98. The Balaban J connectivity index is 2.21. The van der Waals surface area contributed by atoms with Crippen LogP contribution in [0.25, 0.3) is 0 Å². The maximum atomic E-state index is 9.55. The van der Waals surface area contributed by atoms with Crippen LogP contribution in [0.5, 0.6) is 0 Å². The fourth-order valence-electron chi connectivity index (χ4n) is 2.39. The molecule has 1 aliphatic rings. The fraction of sp³-hybridized carbons (Fsp3) is 0.727. The van der Waals surface area contributed by atoms with Gasteiger partial charge in [0.25, 0.3) is 0 Å². The molecule has 6 nitrogen and oxygen atoms in total. The van der Waals surface area contributed by atoms with Crippen LogP contribution >= 0.6 is 11.6 Å². The Hall–Kier alpha value is -1.14. The number of aromatic nitrogens is 3.